The summed E-state index contributed by atoms with van der Waals surface area (Å²) < 4.78 is 86.0. The summed E-state index contributed by atoms with van der Waals surface area (Å²) in [6, 6.07) is 0. The van der Waals surface area contributed by atoms with E-state index >= 15 is 0 Å². The van der Waals surface area contributed by atoms with Gasteiger partial charge in [-0.1, -0.05) is 27.7 Å². The lowest BCUT2D eigenvalue weighted by atomic mass is 9.73. The van der Waals surface area contributed by atoms with Crippen molar-refractivity contribution >= 4 is 16.1 Å². The van der Waals surface area contributed by atoms with Crippen molar-refractivity contribution in [2.24, 2.45) is 17.3 Å². The Morgan fingerprint density at radius 3 is 1.87 bits per heavy atom. The van der Waals surface area contributed by atoms with Crippen LogP contribution in [0.15, 0.2) is 0 Å². The molecule has 0 fully saturated rings. The fraction of sp³-hybridized carbons (Fsp3) is 0.923. The summed E-state index contributed by atoms with van der Waals surface area (Å²) in [6.07, 6.45) is 0.268. The van der Waals surface area contributed by atoms with Crippen LogP contribution in [0.5, 0.6) is 0 Å². The molecule has 10 heteroatoms. The number of ether oxygens (including phenoxy) is 1. The van der Waals surface area contributed by atoms with Gasteiger partial charge in [0.25, 0.3) is 0 Å². The standard InChI is InChI=1S/C13H22F4O5S/c1-8(2)6-11(5,9(3)4)10(18)22-7-12(14,15)13(16,17)23(19,20)21/h8-9H,6-7H2,1-5H3,(H,19,20,21). The summed E-state index contributed by atoms with van der Waals surface area (Å²) in [6.45, 7) is 6.17. The molecular formula is C13H22F4O5S. The van der Waals surface area contributed by atoms with Crippen LogP contribution in [0, 0.1) is 17.3 Å². The third kappa shape index (κ3) is 4.79. The highest BCUT2D eigenvalue weighted by atomic mass is 32.2. The quantitative estimate of drug-likeness (QED) is 0.405. The van der Waals surface area contributed by atoms with Crippen LogP contribution in [-0.2, 0) is 19.6 Å². The van der Waals surface area contributed by atoms with Crippen LogP contribution in [0.25, 0.3) is 0 Å². The molecule has 1 atom stereocenters. The van der Waals surface area contributed by atoms with Gasteiger partial charge in [0.2, 0.25) is 0 Å². The maximum atomic E-state index is 13.3. The Bertz CT molecular complexity index is 530. The summed E-state index contributed by atoms with van der Waals surface area (Å²) in [4.78, 5) is 12.1. The zero-order chi connectivity index (χ0) is 18.9. The zero-order valence-electron chi connectivity index (χ0n) is 13.6. The first-order valence-electron chi connectivity index (χ1n) is 6.89. The average Bonchev–Trinajstić information content (AvgIpc) is 2.33. The van der Waals surface area contributed by atoms with Crippen LogP contribution in [0.1, 0.15) is 41.0 Å². The predicted molar refractivity (Wildman–Crippen MR) is 74.8 cm³/mol. The first kappa shape index (κ1) is 22.1. The normalized spacial score (nSPS) is 16.5. The number of carbonyl (C=O) groups excluding carboxylic acids is 1. The smallest absolute Gasteiger partial charge is 0.435 e. The fourth-order valence-corrected chi connectivity index (χ4v) is 2.43. The van der Waals surface area contributed by atoms with Crippen molar-refractivity contribution in [1.82, 2.24) is 0 Å². The molecule has 0 aliphatic carbocycles. The molecule has 0 saturated heterocycles. The molecule has 1 N–H and O–H groups in total. The van der Waals surface area contributed by atoms with Gasteiger partial charge in [-0.05, 0) is 25.2 Å². The summed E-state index contributed by atoms with van der Waals surface area (Å²) >= 11 is 0. The predicted octanol–water partition coefficient (Wildman–Crippen LogP) is 3.35. The van der Waals surface area contributed by atoms with Gasteiger partial charge < -0.3 is 4.74 Å². The zero-order valence-corrected chi connectivity index (χ0v) is 14.4. The Hall–Kier alpha value is -0.900. The third-order valence-electron chi connectivity index (χ3n) is 3.71. The molecule has 0 aromatic heterocycles. The van der Waals surface area contributed by atoms with E-state index in [-0.39, 0.29) is 18.3 Å². The molecule has 0 rings (SSSR count). The summed E-state index contributed by atoms with van der Waals surface area (Å²) in [5.41, 5.74) is -1.20. The Balaban J connectivity index is 5.26. The Labute approximate surface area is 133 Å². The van der Waals surface area contributed by atoms with E-state index < -0.39 is 39.3 Å². The molecule has 0 amide bonds. The first-order chi connectivity index (χ1) is 9.99. The number of hydrogen-bond donors (Lipinski definition) is 1. The van der Waals surface area contributed by atoms with Gasteiger partial charge in [0.15, 0.2) is 6.61 Å². The van der Waals surface area contributed by atoms with E-state index in [0.717, 1.165) is 0 Å². The van der Waals surface area contributed by atoms with Crippen molar-refractivity contribution in [3.05, 3.63) is 0 Å². The van der Waals surface area contributed by atoms with Crippen LogP contribution >= 0.6 is 0 Å². The van der Waals surface area contributed by atoms with E-state index in [9.17, 15) is 30.8 Å². The Morgan fingerprint density at radius 1 is 1.13 bits per heavy atom. The van der Waals surface area contributed by atoms with Gasteiger partial charge in [0.05, 0.1) is 5.41 Å². The van der Waals surface area contributed by atoms with Gasteiger partial charge in [-0.3, -0.25) is 9.35 Å². The van der Waals surface area contributed by atoms with Crippen molar-refractivity contribution in [3.63, 3.8) is 0 Å². The van der Waals surface area contributed by atoms with E-state index in [4.69, 9.17) is 4.55 Å². The number of rotatable bonds is 8. The summed E-state index contributed by atoms with van der Waals surface area (Å²) in [5, 5.41) is -5.76. The Morgan fingerprint density at radius 2 is 1.57 bits per heavy atom. The molecule has 1 unspecified atom stereocenters. The van der Waals surface area contributed by atoms with Crippen LogP contribution < -0.4 is 0 Å². The van der Waals surface area contributed by atoms with Crippen LogP contribution in [-0.4, -0.2) is 36.7 Å². The van der Waals surface area contributed by atoms with Crippen LogP contribution in [0.2, 0.25) is 0 Å². The number of alkyl halides is 4. The SMILES string of the molecule is CC(C)CC(C)(C(=O)OCC(F)(F)C(F)(F)S(=O)(=O)O)C(C)C. The van der Waals surface area contributed by atoms with Gasteiger partial charge in [0, 0.05) is 0 Å². The van der Waals surface area contributed by atoms with Gasteiger partial charge in [-0.2, -0.15) is 26.0 Å². The topological polar surface area (TPSA) is 80.7 Å². The molecule has 0 spiro atoms. The van der Waals surface area contributed by atoms with Gasteiger partial charge in [0.1, 0.15) is 0 Å². The van der Waals surface area contributed by atoms with E-state index in [2.05, 4.69) is 4.74 Å². The monoisotopic (exact) mass is 366 g/mol. The molecular weight excluding hydrogens is 344 g/mol. The van der Waals surface area contributed by atoms with E-state index in [0.29, 0.717) is 0 Å². The molecule has 23 heavy (non-hydrogen) atoms. The van der Waals surface area contributed by atoms with Crippen LogP contribution in [0.4, 0.5) is 17.6 Å². The first-order valence-corrected chi connectivity index (χ1v) is 8.33. The molecule has 0 aromatic carbocycles. The molecule has 0 aromatic rings. The van der Waals surface area contributed by atoms with Gasteiger partial charge in [-0.25, -0.2) is 0 Å². The van der Waals surface area contributed by atoms with Gasteiger partial charge >= 0.3 is 27.3 Å². The third-order valence-corrected chi connectivity index (χ3v) is 4.65. The average molecular weight is 366 g/mol. The maximum absolute atomic E-state index is 13.3. The van der Waals surface area contributed by atoms with E-state index in [1.807, 2.05) is 0 Å². The lowest BCUT2D eigenvalue weighted by Crippen LogP contribution is -2.50. The highest BCUT2D eigenvalue weighted by Gasteiger charge is 2.66. The summed E-state index contributed by atoms with van der Waals surface area (Å²) in [5.74, 6) is -6.71. The lowest BCUT2D eigenvalue weighted by Gasteiger charge is -2.33. The second-order valence-electron chi connectivity index (χ2n) is 6.44. The van der Waals surface area contributed by atoms with E-state index in [1.165, 1.54) is 6.92 Å². The number of carbonyl (C=O) groups is 1. The molecule has 0 heterocycles. The van der Waals surface area contributed by atoms with E-state index in [1.54, 1.807) is 27.7 Å². The molecule has 0 bridgehead atoms. The minimum absolute atomic E-state index is 0.00900. The largest absolute Gasteiger partial charge is 0.459 e. The number of esters is 1. The van der Waals surface area contributed by atoms with Crippen molar-refractivity contribution in [1.29, 1.82) is 0 Å². The number of halogens is 4. The van der Waals surface area contributed by atoms with Crippen molar-refractivity contribution in [2.75, 3.05) is 6.61 Å². The molecule has 0 saturated carbocycles. The van der Waals surface area contributed by atoms with Crippen molar-refractivity contribution in [2.45, 2.75) is 52.2 Å². The fourth-order valence-electron chi connectivity index (χ4n) is 2.00. The summed E-state index contributed by atoms with van der Waals surface area (Å²) in [7, 11) is -6.35. The molecule has 5 nitrogen and oxygen atoms in total. The highest BCUT2D eigenvalue weighted by Crippen LogP contribution is 2.40. The molecule has 0 aliphatic rings. The second kappa shape index (κ2) is 6.92. The Kier molecular flexibility index (Phi) is 6.65. The van der Waals surface area contributed by atoms with Crippen molar-refractivity contribution in [3.8, 4) is 0 Å². The molecule has 138 valence electrons. The molecule has 0 aliphatic heterocycles. The molecule has 0 radical (unpaired) electrons. The van der Waals surface area contributed by atoms with Gasteiger partial charge in [-0.15, -0.1) is 0 Å². The minimum Gasteiger partial charge on any atom is -0.459 e. The van der Waals surface area contributed by atoms with Crippen LogP contribution in [0.3, 0.4) is 0 Å². The highest BCUT2D eigenvalue weighted by molar-refractivity contribution is 7.87. The number of hydrogen-bond acceptors (Lipinski definition) is 4. The van der Waals surface area contributed by atoms with Crippen molar-refractivity contribution < 1.29 is 40.1 Å². The second-order valence-corrected chi connectivity index (χ2v) is 7.91. The minimum atomic E-state index is -6.35. The lowest BCUT2D eigenvalue weighted by molar-refractivity contribution is -0.203. The maximum Gasteiger partial charge on any atom is 0.435 e.